The summed E-state index contributed by atoms with van der Waals surface area (Å²) < 4.78 is 12.4. The molecule has 4 rings (SSSR count). The van der Waals surface area contributed by atoms with E-state index in [2.05, 4.69) is 15.4 Å². The molecule has 0 fully saturated rings. The fraction of sp³-hybridized carbons (Fsp3) is 0.160. The van der Waals surface area contributed by atoms with Gasteiger partial charge in [0.1, 0.15) is 18.1 Å². The molecule has 0 radical (unpaired) electrons. The van der Waals surface area contributed by atoms with Gasteiger partial charge >= 0.3 is 0 Å². The van der Waals surface area contributed by atoms with Gasteiger partial charge in [0.15, 0.2) is 0 Å². The van der Waals surface area contributed by atoms with E-state index in [1.54, 1.807) is 30.4 Å². The summed E-state index contributed by atoms with van der Waals surface area (Å²) in [5.74, 6) is 0.526. The Labute approximate surface area is 186 Å². The molecule has 0 unspecified atom stereocenters. The third kappa shape index (κ3) is 5.19. The van der Waals surface area contributed by atoms with Gasteiger partial charge in [0.2, 0.25) is 0 Å². The van der Waals surface area contributed by atoms with Crippen LogP contribution in [0.1, 0.15) is 15.9 Å². The number of carbonyl (C=O) groups excluding carboxylic acids is 1. The number of nitrogens with zero attached hydrogens (tertiary/aromatic N) is 3. The first-order valence-corrected chi connectivity index (χ1v) is 10.3. The molecular formula is C25H24N4O3. The van der Waals surface area contributed by atoms with Gasteiger partial charge in [-0.1, -0.05) is 30.3 Å². The SMILES string of the molecule is COCCOc1cccc(CNC(=O)c2cn(-c3ccccc3)nc2-c2cccnc2)c1. The Bertz CT molecular complexity index is 1160. The van der Waals surface area contributed by atoms with Gasteiger partial charge in [-0.05, 0) is 42.0 Å². The molecule has 0 saturated heterocycles. The molecule has 0 aliphatic carbocycles. The van der Waals surface area contributed by atoms with Crippen LogP contribution in [0.4, 0.5) is 0 Å². The summed E-state index contributed by atoms with van der Waals surface area (Å²) in [5.41, 5.74) is 3.65. The van der Waals surface area contributed by atoms with Crippen LogP contribution < -0.4 is 10.1 Å². The number of methoxy groups -OCH3 is 1. The minimum Gasteiger partial charge on any atom is -0.491 e. The molecule has 7 nitrogen and oxygen atoms in total. The lowest BCUT2D eigenvalue weighted by Gasteiger charge is -2.09. The number of nitrogens with one attached hydrogen (secondary N) is 1. The maximum absolute atomic E-state index is 13.1. The average Bonchev–Trinajstić information content (AvgIpc) is 3.30. The van der Waals surface area contributed by atoms with Crippen molar-refractivity contribution in [2.24, 2.45) is 0 Å². The van der Waals surface area contributed by atoms with Crippen LogP contribution in [0, 0.1) is 0 Å². The minimum absolute atomic E-state index is 0.211. The lowest BCUT2D eigenvalue weighted by molar-refractivity contribution is 0.0951. The molecule has 4 aromatic rings. The van der Waals surface area contributed by atoms with Gasteiger partial charge in [-0.3, -0.25) is 9.78 Å². The summed E-state index contributed by atoms with van der Waals surface area (Å²) in [6.07, 6.45) is 5.14. The number of para-hydroxylation sites is 1. The Morgan fingerprint density at radius 3 is 2.69 bits per heavy atom. The van der Waals surface area contributed by atoms with Crippen LogP contribution in [-0.2, 0) is 11.3 Å². The molecular weight excluding hydrogens is 404 g/mol. The Hall–Kier alpha value is -3.97. The van der Waals surface area contributed by atoms with Crippen molar-refractivity contribution in [3.63, 3.8) is 0 Å². The second kappa shape index (κ2) is 10.4. The average molecular weight is 428 g/mol. The Morgan fingerprint density at radius 1 is 1.03 bits per heavy atom. The molecule has 0 spiro atoms. The molecule has 7 heteroatoms. The highest BCUT2D eigenvalue weighted by Crippen LogP contribution is 2.23. The third-order valence-electron chi connectivity index (χ3n) is 4.82. The second-order valence-corrected chi connectivity index (χ2v) is 7.08. The van der Waals surface area contributed by atoms with Crippen LogP contribution in [0.15, 0.2) is 85.3 Å². The molecule has 1 N–H and O–H groups in total. The van der Waals surface area contributed by atoms with E-state index in [1.807, 2.05) is 66.7 Å². The molecule has 32 heavy (non-hydrogen) atoms. The van der Waals surface area contributed by atoms with E-state index < -0.39 is 0 Å². The van der Waals surface area contributed by atoms with Crippen LogP contribution >= 0.6 is 0 Å². The monoisotopic (exact) mass is 428 g/mol. The largest absolute Gasteiger partial charge is 0.491 e. The number of benzene rings is 2. The highest BCUT2D eigenvalue weighted by atomic mass is 16.5. The topological polar surface area (TPSA) is 78.3 Å². The zero-order chi connectivity index (χ0) is 22.2. The van der Waals surface area contributed by atoms with E-state index in [-0.39, 0.29) is 5.91 Å². The maximum Gasteiger partial charge on any atom is 0.255 e. The van der Waals surface area contributed by atoms with Crippen molar-refractivity contribution in [3.8, 4) is 22.7 Å². The molecule has 2 heterocycles. The minimum atomic E-state index is -0.211. The lowest BCUT2D eigenvalue weighted by atomic mass is 10.1. The smallest absolute Gasteiger partial charge is 0.255 e. The number of amides is 1. The molecule has 2 aromatic heterocycles. The van der Waals surface area contributed by atoms with Crippen molar-refractivity contribution in [3.05, 3.63) is 96.4 Å². The second-order valence-electron chi connectivity index (χ2n) is 7.08. The maximum atomic E-state index is 13.1. The molecule has 2 aromatic carbocycles. The number of rotatable bonds is 9. The van der Waals surface area contributed by atoms with Crippen molar-refractivity contribution in [1.29, 1.82) is 0 Å². The number of hydrogen-bond donors (Lipinski definition) is 1. The van der Waals surface area contributed by atoms with E-state index in [9.17, 15) is 4.79 Å². The molecule has 162 valence electrons. The van der Waals surface area contributed by atoms with Crippen LogP contribution in [0.5, 0.6) is 5.75 Å². The highest BCUT2D eigenvalue weighted by Gasteiger charge is 2.18. The quantitative estimate of drug-likeness (QED) is 0.409. The third-order valence-corrected chi connectivity index (χ3v) is 4.82. The van der Waals surface area contributed by atoms with Crippen molar-refractivity contribution in [2.45, 2.75) is 6.54 Å². The fourth-order valence-electron chi connectivity index (χ4n) is 3.23. The van der Waals surface area contributed by atoms with Crippen LogP contribution in [-0.4, -0.2) is 41.0 Å². The Kier molecular flexibility index (Phi) is 6.89. The zero-order valence-electron chi connectivity index (χ0n) is 17.8. The lowest BCUT2D eigenvalue weighted by Crippen LogP contribution is -2.23. The van der Waals surface area contributed by atoms with Crippen LogP contribution in [0.2, 0.25) is 0 Å². The number of carbonyl (C=O) groups is 1. The molecule has 0 atom stereocenters. The summed E-state index contributed by atoms with van der Waals surface area (Å²) >= 11 is 0. The number of aromatic nitrogens is 3. The van der Waals surface area contributed by atoms with Gasteiger partial charge in [-0.25, -0.2) is 4.68 Å². The molecule has 0 bridgehead atoms. The van der Waals surface area contributed by atoms with Gasteiger partial charge in [0.25, 0.3) is 5.91 Å². The molecule has 0 saturated carbocycles. The summed E-state index contributed by atoms with van der Waals surface area (Å²) in [5, 5.41) is 7.66. The van der Waals surface area contributed by atoms with E-state index >= 15 is 0 Å². The van der Waals surface area contributed by atoms with Crippen LogP contribution in [0.25, 0.3) is 16.9 Å². The van der Waals surface area contributed by atoms with E-state index in [0.717, 1.165) is 22.6 Å². The van der Waals surface area contributed by atoms with Crippen LogP contribution in [0.3, 0.4) is 0 Å². The predicted molar refractivity (Wildman–Crippen MR) is 122 cm³/mol. The summed E-state index contributed by atoms with van der Waals surface area (Å²) in [6, 6.07) is 21.0. The van der Waals surface area contributed by atoms with E-state index in [0.29, 0.717) is 31.0 Å². The number of pyridine rings is 1. The van der Waals surface area contributed by atoms with Gasteiger partial charge in [-0.2, -0.15) is 5.10 Å². The predicted octanol–water partition coefficient (Wildman–Crippen LogP) is 3.89. The number of ether oxygens (including phenoxy) is 2. The fourth-order valence-corrected chi connectivity index (χ4v) is 3.23. The highest BCUT2D eigenvalue weighted by molar-refractivity contribution is 5.99. The summed E-state index contributed by atoms with van der Waals surface area (Å²) in [4.78, 5) is 17.3. The Morgan fingerprint density at radius 2 is 1.91 bits per heavy atom. The standard InChI is InChI=1S/C25H24N4O3/c1-31-13-14-32-22-11-5-7-19(15-22)16-27-25(30)23-18-29(21-9-3-2-4-10-21)28-24(23)20-8-6-12-26-17-20/h2-12,15,17-18H,13-14,16H2,1H3,(H,27,30). The van der Waals surface area contributed by atoms with Gasteiger partial charge in [0.05, 0.1) is 17.9 Å². The van der Waals surface area contributed by atoms with Crippen molar-refractivity contribution in [2.75, 3.05) is 20.3 Å². The van der Waals surface area contributed by atoms with Gasteiger partial charge in [0, 0.05) is 37.8 Å². The molecule has 0 aliphatic rings. The Balaban J connectivity index is 1.54. The van der Waals surface area contributed by atoms with Gasteiger partial charge in [-0.15, -0.1) is 0 Å². The first-order valence-electron chi connectivity index (χ1n) is 10.3. The zero-order valence-corrected chi connectivity index (χ0v) is 17.8. The molecule has 0 aliphatic heterocycles. The summed E-state index contributed by atoms with van der Waals surface area (Å²) in [6.45, 7) is 1.35. The van der Waals surface area contributed by atoms with Crippen molar-refractivity contribution < 1.29 is 14.3 Å². The van der Waals surface area contributed by atoms with E-state index in [1.165, 1.54) is 0 Å². The number of hydrogen-bond acceptors (Lipinski definition) is 5. The van der Waals surface area contributed by atoms with Crippen molar-refractivity contribution in [1.82, 2.24) is 20.1 Å². The van der Waals surface area contributed by atoms with Crippen molar-refractivity contribution >= 4 is 5.91 Å². The van der Waals surface area contributed by atoms with Gasteiger partial charge < -0.3 is 14.8 Å². The molecule has 1 amide bonds. The first-order chi connectivity index (χ1) is 15.7. The first kappa shape index (κ1) is 21.3. The normalized spacial score (nSPS) is 10.7. The summed E-state index contributed by atoms with van der Waals surface area (Å²) in [7, 11) is 1.63. The van der Waals surface area contributed by atoms with E-state index in [4.69, 9.17) is 9.47 Å².